The summed E-state index contributed by atoms with van der Waals surface area (Å²) in [5.41, 5.74) is 1.11. The van der Waals surface area contributed by atoms with E-state index in [-0.39, 0.29) is 5.00 Å². The van der Waals surface area contributed by atoms with Crippen molar-refractivity contribution in [1.82, 2.24) is 9.97 Å². The zero-order chi connectivity index (χ0) is 13.9. The molecule has 0 bridgehead atoms. The molecule has 0 aliphatic rings. The summed E-state index contributed by atoms with van der Waals surface area (Å²) in [5.74, 6) is 0.614. The van der Waals surface area contributed by atoms with Gasteiger partial charge in [0.15, 0.2) is 0 Å². The molecule has 7 heteroatoms. The van der Waals surface area contributed by atoms with Gasteiger partial charge >= 0.3 is 5.00 Å². The van der Waals surface area contributed by atoms with E-state index in [4.69, 9.17) is 0 Å². The number of rotatable bonds is 4. The third-order valence-corrected chi connectivity index (χ3v) is 3.79. The first kappa shape index (κ1) is 12.5. The molecule has 100 valence electrons. The van der Waals surface area contributed by atoms with Gasteiger partial charge in [0.25, 0.3) is 0 Å². The number of nitrogens with zero attached hydrogens (tertiary/aromatic N) is 3. The maximum absolute atomic E-state index is 10.8. The van der Waals surface area contributed by atoms with Crippen LogP contribution in [0.2, 0.25) is 0 Å². The lowest BCUT2D eigenvalue weighted by Crippen LogP contribution is -2.01. The van der Waals surface area contributed by atoms with E-state index in [2.05, 4.69) is 15.3 Å². The zero-order valence-corrected chi connectivity index (χ0v) is 11.1. The second-order valence-electron chi connectivity index (χ2n) is 4.12. The number of nitro groups is 1. The average Bonchev–Trinajstić information content (AvgIpc) is 2.91. The lowest BCUT2D eigenvalue weighted by Gasteiger charge is -2.05. The lowest BCUT2D eigenvalue weighted by molar-refractivity contribution is -0.380. The molecule has 3 aromatic rings. The molecular weight excluding hydrogens is 276 g/mol. The molecule has 0 atom stereocenters. The molecule has 0 amide bonds. The second kappa shape index (κ2) is 5.22. The van der Waals surface area contributed by atoms with Crippen LogP contribution < -0.4 is 5.32 Å². The van der Waals surface area contributed by atoms with Crippen LogP contribution in [-0.2, 0) is 6.54 Å². The maximum Gasteiger partial charge on any atom is 0.326 e. The van der Waals surface area contributed by atoms with Crippen LogP contribution in [0.25, 0.3) is 10.2 Å². The topological polar surface area (TPSA) is 81.0 Å². The summed E-state index contributed by atoms with van der Waals surface area (Å²) in [6.45, 7) is 0.608. The summed E-state index contributed by atoms with van der Waals surface area (Å²) in [5, 5.41) is 14.8. The fourth-order valence-electron chi connectivity index (χ4n) is 1.86. The average molecular weight is 286 g/mol. The predicted molar refractivity (Wildman–Crippen MR) is 77.8 cm³/mol. The van der Waals surface area contributed by atoms with Crippen LogP contribution in [0.15, 0.2) is 42.7 Å². The number of hydrogen-bond acceptors (Lipinski definition) is 6. The van der Waals surface area contributed by atoms with Crippen molar-refractivity contribution in [3.8, 4) is 0 Å². The smallest absolute Gasteiger partial charge is 0.326 e. The maximum atomic E-state index is 10.8. The van der Waals surface area contributed by atoms with Crippen molar-refractivity contribution in [3.05, 3.63) is 58.4 Å². The van der Waals surface area contributed by atoms with E-state index in [0.29, 0.717) is 22.6 Å². The van der Waals surface area contributed by atoms with Crippen LogP contribution in [0.1, 0.15) is 5.56 Å². The highest BCUT2D eigenvalue weighted by Crippen LogP contribution is 2.33. The number of nitrogens with one attached hydrogen (secondary N) is 1. The van der Waals surface area contributed by atoms with Crippen LogP contribution in [-0.4, -0.2) is 14.9 Å². The third kappa shape index (κ3) is 2.43. The van der Waals surface area contributed by atoms with Gasteiger partial charge in [0, 0.05) is 12.6 Å². The Morgan fingerprint density at radius 2 is 2.05 bits per heavy atom. The molecule has 0 fully saturated rings. The van der Waals surface area contributed by atoms with Gasteiger partial charge in [0.05, 0.1) is 10.3 Å². The van der Waals surface area contributed by atoms with Crippen molar-refractivity contribution in [2.45, 2.75) is 6.54 Å². The van der Waals surface area contributed by atoms with E-state index in [0.717, 1.165) is 16.9 Å². The Balaban J connectivity index is 1.89. The SMILES string of the molecule is O=[N+]([O-])c1cc2c(NCc3ccccc3)ncnc2s1. The largest absolute Gasteiger partial charge is 0.365 e. The van der Waals surface area contributed by atoms with E-state index >= 15 is 0 Å². The minimum absolute atomic E-state index is 0.0725. The van der Waals surface area contributed by atoms with Gasteiger partial charge in [0.1, 0.15) is 17.0 Å². The quantitative estimate of drug-likeness (QED) is 0.588. The minimum atomic E-state index is -0.409. The number of aromatic nitrogens is 2. The van der Waals surface area contributed by atoms with Crippen molar-refractivity contribution in [3.63, 3.8) is 0 Å². The number of fused-ring (bicyclic) bond motifs is 1. The fourth-order valence-corrected chi connectivity index (χ4v) is 2.67. The Morgan fingerprint density at radius 3 is 2.80 bits per heavy atom. The molecular formula is C13H10N4O2S. The third-order valence-electron chi connectivity index (χ3n) is 2.80. The van der Waals surface area contributed by atoms with Crippen molar-refractivity contribution in [1.29, 1.82) is 0 Å². The normalized spacial score (nSPS) is 10.6. The number of anilines is 1. The van der Waals surface area contributed by atoms with Crippen molar-refractivity contribution in [2.75, 3.05) is 5.32 Å². The van der Waals surface area contributed by atoms with E-state index in [1.165, 1.54) is 12.4 Å². The predicted octanol–water partition coefficient (Wildman–Crippen LogP) is 3.21. The fraction of sp³-hybridized carbons (Fsp3) is 0.0769. The summed E-state index contributed by atoms with van der Waals surface area (Å²) in [4.78, 5) is 19.2. The van der Waals surface area contributed by atoms with Gasteiger partial charge in [-0.05, 0) is 16.9 Å². The molecule has 0 aliphatic heterocycles. The standard InChI is InChI=1S/C13H10N4O2S/c18-17(19)11-6-10-12(15-8-16-13(10)20-11)14-7-9-4-2-1-3-5-9/h1-6,8H,7H2,(H,14,15,16). The Bertz CT molecular complexity index is 757. The van der Waals surface area contributed by atoms with Gasteiger partial charge in [-0.1, -0.05) is 30.3 Å². The Morgan fingerprint density at radius 1 is 1.25 bits per heavy atom. The van der Waals surface area contributed by atoms with Crippen molar-refractivity contribution >= 4 is 32.4 Å². The highest BCUT2D eigenvalue weighted by Gasteiger charge is 2.15. The number of hydrogen-bond donors (Lipinski definition) is 1. The number of thiophene rings is 1. The molecule has 0 spiro atoms. The van der Waals surface area contributed by atoms with Gasteiger partial charge in [-0.2, -0.15) is 0 Å². The lowest BCUT2D eigenvalue weighted by atomic mass is 10.2. The molecule has 20 heavy (non-hydrogen) atoms. The first-order valence-corrected chi connectivity index (χ1v) is 6.72. The molecule has 2 aromatic heterocycles. The molecule has 1 aromatic carbocycles. The summed E-state index contributed by atoms with van der Waals surface area (Å²) in [6, 6.07) is 11.4. The number of benzene rings is 1. The second-order valence-corrected chi connectivity index (χ2v) is 5.13. The summed E-state index contributed by atoms with van der Waals surface area (Å²) < 4.78 is 0. The van der Waals surface area contributed by atoms with Crippen LogP contribution in [0.5, 0.6) is 0 Å². The Kier molecular flexibility index (Phi) is 3.26. The van der Waals surface area contributed by atoms with Crippen molar-refractivity contribution < 1.29 is 4.92 Å². The molecule has 6 nitrogen and oxygen atoms in total. The van der Waals surface area contributed by atoms with Gasteiger partial charge in [-0.25, -0.2) is 9.97 Å². The summed E-state index contributed by atoms with van der Waals surface area (Å²) >= 11 is 1.05. The Hall–Kier alpha value is -2.54. The molecule has 0 saturated carbocycles. The van der Waals surface area contributed by atoms with Gasteiger partial charge in [0.2, 0.25) is 0 Å². The minimum Gasteiger partial charge on any atom is -0.365 e. The molecule has 3 rings (SSSR count). The molecule has 0 aliphatic carbocycles. The van der Waals surface area contributed by atoms with E-state index in [1.54, 1.807) is 0 Å². The van der Waals surface area contributed by atoms with Gasteiger partial charge in [-0.15, -0.1) is 0 Å². The monoisotopic (exact) mass is 286 g/mol. The first-order chi connectivity index (χ1) is 9.74. The van der Waals surface area contributed by atoms with Crippen LogP contribution in [0, 0.1) is 10.1 Å². The molecule has 2 heterocycles. The zero-order valence-electron chi connectivity index (χ0n) is 10.3. The Labute approximate surface area is 118 Å². The van der Waals surface area contributed by atoms with E-state index in [9.17, 15) is 10.1 Å². The van der Waals surface area contributed by atoms with Crippen LogP contribution in [0.3, 0.4) is 0 Å². The van der Waals surface area contributed by atoms with Crippen LogP contribution >= 0.6 is 11.3 Å². The molecule has 0 unspecified atom stereocenters. The summed E-state index contributed by atoms with van der Waals surface area (Å²) in [7, 11) is 0. The van der Waals surface area contributed by atoms with E-state index in [1.807, 2.05) is 30.3 Å². The highest BCUT2D eigenvalue weighted by molar-refractivity contribution is 7.21. The molecule has 0 radical (unpaired) electrons. The van der Waals surface area contributed by atoms with Crippen LogP contribution in [0.4, 0.5) is 10.8 Å². The highest BCUT2D eigenvalue weighted by atomic mass is 32.1. The van der Waals surface area contributed by atoms with Gasteiger partial charge in [-0.3, -0.25) is 10.1 Å². The van der Waals surface area contributed by atoms with Gasteiger partial charge < -0.3 is 5.32 Å². The molecule has 0 saturated heterocycles. The van der Waals surface area contributed by atoms with Crippen molar-refractivity contribution in [2.24, 2.45) is 0 Å². The first-order valence-electron chi connectivity index (χ1n) is 5.91. The van der Waals surface area contributed by atoms with E-state index < -0.39 is 4.92 Å². The summed E-state index contributed by atoms with van der Waals surface area (Å²) in [6.07, 6.45) is 1.41. The molecule has 1 N–H and O–H groups in total.